The van der Waals surface area contributed by atoms with Crippen LogP contribution in [0.3, 0.4) is 0 Å². The van der Waals surface area contributed by atoms with Gasteiger partial charge in [0.1, 0.15) is 11.9 Å². The standard InChI is InChI=1S/C30H41NO5S/c1-7-9-22-28(34)19(3)11-8-10-18(2)12-14-24(21-13-15-25-23(16-21)31-20(4)37-25)36-27(33)17-26(32)30(5,6)29(22)35/h7,12-13,15-16,19,22,24,26,28,32,34H,1,8-11,14,17H2,2-6H3/t19-,22+,24-,26-,28?/m0/s1. The summed E-state index contributed by atoms with van der Waals surface area (Å²) in [6.45, 7) is 13.0. The van der Waals surface area contributed by atoms with Crippen molar-refractivity contribution in [2.45, 2.75) is 91.5 Å². The summed E-state index contributed by atoms with van der Waals surface area (Å²) in [6.07, 6.45) is 4.10. The number of carbonyl (C=O) groups is 2. The van der Waals surface area contributed by atoms with E-state index < -0.39 is 35.6 Å². The van der Waals surface area contributed by atoms with E-state index in [2.05, 4.69) is 24.6 Å². The Labute approximate surface area is 224 Å². The number of esters is 1. The summed E-state index contributed by atoms with van der Waals surface area (Å²) in [7, 11) is 0. The fraction of sp³-hybridized carbons (Fsp3) is 0.567. The molecule has 1 aromatic carbocycles. The zero-order valence-corrected chi connectivity index (χ0v) is 23.5. The number of aryl methyl sites for hydroxylation is 1. The molecule has 7 heteroatoms. The molecule has 0 aliphatic carbocycles. The number of fused-ring (bicyclic) bond motifs is 1. The smallest absolute Gasteiger partial charge is 0.309 e. The van der Waals surface area contributed by atoms with Gasteiger partial charge >= 0.3 is 5.97 Å². The van der Waals surface area contributed by atoms with Gasteiger partial charge in [0.15, 0.2) is 0 Å². The minimum atomic E-state index is -1.25. The molecular formula is C30H41NO5S. The molecule has 0 radical (unpaired) electrons. The number of carbonyl (C=O) groups excluding carboxylic acids is 2. The van der Waals surface area contributed by atoms with Crippen LogP contribution in [0.4, 0.5) is 0 Å². The van der Waals surface area contributed by atoms with Crippen LogP contribution in [0.2, 0.25) is 0 Å². The fourth-order valence-electron chi connectivity index (χ4n) is 5.04. The van der Waals surface area contributed by atoms with Crippen molar-refractivity contribution >= 4 is 33.3 Å². The van der Waals surface area contributed by atoms with Gasteiger partial charge in [0.25, 0.3) is 0 Å². The minimum Gasteiger partial charge on any atom is -0.457 e. The van der Waals surface area contributed by atoms with E-state index in [0.29, 0.717) is 12.8 Å². The Balaban J connectivity index is 1.93. The number of hydrogen-bond donors (Lipinski definition) is 2. The van der Waals surface area contributed by atoms with Crippen molar-refractivity contribution in [3.8, 4) is 0 Å². The molecule has 2 N–H and O–H groups in total. The van der Waals surface area contributed by atoms with E-state index in [-0.39, 0.29) is 18.1 Å². The van der Waals surface area contributed by atoms with Crippen molar-refractivity contribution in [2.75, 3.05) is 0 Å². The Kier molecular flexibility index (Phi) is 9.84. The Morgan fingerprint density at radius 2 is 1.97 bits per heavy atom. The molecule has 1 aliphatic rings. The largest absolute Gasteiger partial charge is 0.457 e. The number of ketones is 1. The topological polar surface area (TPSA) is 96.7 Å². The lowest BCUT2D eigenvalue weighted by atomic mass is 9.71. The maximum atomic E-state index is 13.6. The third kappa shape index (κ3) is 7.15. The van der Waals surface area contributed by atoms with Crippen LogP contribution < -0.4 is 0 Å². The lowest BCUT2D eigenvalue weighted by molar-refractivity contribution is -0.156. The lowest BCUT2D eigenvalue weighted by Gasteiger charge is -2.35. The van der Waals surface area contributed by atoms with Gasteiger partial charge in [-0.15, -0.1) is 17.9 Å². The summed E-state index contributed by atoms with van der Waals surface area (Å²) in [5.74, 6) is -1.62. The van der Waals surface area contributed by atoms with Crippen LogP contribution in [0.15, 0.2) is 42.5 Å². The van der Waals surface area contributed by atoms with Crippen molar-refractivity contribution in [3.63, 3.8) is 0 Å². The molecule has 0 saturated heterocycles. The van der Waals surface area contributed by atoms with Crippen LogP contribution in [-0.4, -0.2) is 39.2 Å². The van der Waals surface area contributed by atoms with Gasteiger partial charge in [0, 0.05) is 12.3 Å². The van der Waals surface area contributed by atoms with Crippen LogP contribution in [0.5, 0.6) is 0 Å². The van der Waals surface area contributed by atoms with Crippen LogP contribution in [0.1, 0.15) is 82.9 Å². The highest BCUT2D eigenvalue weighted by Crippen LogP contribution is 2.35. The van der Waals surface area contributed by atoms with Gasteiger partial charge in [0.05, 0.1) is 39.3 Å². The number of thiazole rings is 1. The van der Waals surface area contributed by atoms with Gasteiger partial charge < -0.3 is 14.9 Å². The quantitative estimate of drug-likeness (QED) is 0.362. The molecule has 0 amide bonds. The van der Waals surface area contributed by atoms with Crippen molar-refractivity contribution in [1.82, 2.24) is 4.98 Å². The predicted octanol–water partition coefficient (Wildman–Crippen LogP) is 6.24. The minimum absolute atomic E-state index is 0.0893. The molecule has 2 aromatic rings. The normalized spacial score (nSPS) is 28.5. The van der Waals surface area contributed by atoms with E-state index in [4.69, 9.17) is 4.74 Å². The molecule has 0 saturated carbocycles. The molecule has 3 rings (SSSR count). The molecule has 1 aliphatic heterocycles. The summed E-state index contributed by atoms with van der Waals surface area (Å²) in [6, 6.07) is 5.93. The van der Waals surface area contributed by atoms with Gasteiger partial charge in [-0.05, 0) is 63.1 Å². The van der Waals surface area contributed by atoms with Crippen molar-refractivity contribution in [2.24, 2.45) is 17.3 Å². The molecule has 0 fully saturated rings. The highest BCUT2D eigenvalue weighted by atomic mass is 32.1. The molecule has 0 spiro atoms. The number of rotatable bonds is 3. The monoisotopic (exact) mass is 527 g/mol. The molecule has 0 bridgehead atoms. The highest BCUT2D eigenvalue weighted by molar-refractivity contribution is 7.18. The lowest BCUT2D eigenvalue weighted by Crippen LogP contribution is -2.46. The van der Waals surface area contributed by atoms with Gasteiger partial charge in [0.2, 0.25) is 0 Å². The third-order valence-electron chi connectivity index (χ3n) is 7.66. The Morgan fingerprint density at radius 1 is 1.24 bits per heavy atom. The van der Waals surface area contributed by atoms with E-state index >= 15 is 0 Å². The first-order valence-corrected chi connectivity index (χ1v) is 14.0. The third-order valence-corrected chi connectivity index (χ3v) is 8.61. The first kappa shape index (κ1) is 29.2. The van der Waals surface area contributed by atoms with E-state index in [1.54, 1.807) is 31.3 Å². The van der Waals surface area contributed by atoms with Crippen molar-refractivity contribution in [1.29, 1.82) is 0 Å². The van der Waals surface area contributed by atoms with Gasteiger partial charge in [-0.1, -0.05) is 44.6 Å². The van der Waals surface area contributed by atoms with E-state index in [1.807, 2.05) is 32.0 Å². The fourth-order valence-corrected chi connectivity index (χ4v) is 5.84. The van der Waals surface area contributed by atoms with Crippen LogP contribution >= 0.6 is 11.3 Å². The number of allylic oxidation sites excluding steroid dienone is 2. The van der Waals surface area contributed by atoms with E-state index in [0.717, 1.165) is 40.1 Å². The predicted molar refractivity (Wildman–Crippen MR) is 148 cm³/mol. The van der Waals surface area contributed by atoms with Crippen LogP contribution in [0, 0.1) is 24.2 Å². The number of Topliss-reactive ketones (excluding diaryl/α,β-unsaturated/α-hetero) is 1. The summed E-state index contributed by atoms with van der Waals surface area (Å²) in [5, 5.41) is 23.1. The molecule has 202 valence electrons. The first-order valence-electron chi connectivity index (χ1n) is 13.2. The number of benzene rings is 1. The summed E-state index contributed by atoms with van der Waals surface area (Å²) >= 11 is 1.62. The number of ether oxygens (including phenoxy) is 1. The number of nitrogens with zero attached hydrogens (tertiary/aromatic N) is 1. The zero-order chi connectivity index (χ0) is 27.3. The second kappa shape index (κ2) is 12.5. The molecule has 1 unspecified atom stereocenters. The number of aliphatic hydroxyl groups is 2. The molecule has 37 heavy (non-hydrogen) atoms. The maximum absolute atomic E-state index is 13.6. The molecule has 1 aromatic heterocycles. The summed E-state index contributed by atoms with van der Waals surface area (Å²) in [4.78, 5) is 31.2. The first-order chi connectivity index (χ1) is 17.4. The molecule has 6 nitrogen and oxygen atoms in total. The maximum Gasteiger partial charge on any atom is 0.309 e. The average molecular weight is 528 g/mol. The van der Waals surface area contributed by atoms with E-state index in [1.165, 1.54) is 5.57 Å². The second-order valence-electron chi connectivity index (χ2n) is 11.0. The van der Waals surface area contributed by atoms with Gasteiger partial charge in [-0.25, -0.2) is 4.98 Å². The summed E-state index contributed by atoms with van der Waals surface area (Å²) < 4.78 is 6.99. The average Bonchev–Trinajstić information content (AvgIpc) is 3.22. The number of aliphatic hydroxyl groups excluding tert-OH is 2. The van der Waals surface area contributed by atoms with Gasteiger partial charge in [-0.3, -0.25) is 9.59 Å². The number of cyclic esters (lactones) is 1. The SMILES string of the molecule is C=CC[C@H]1C(=O)C(C)(C)[C@@H](O)CC(=O)O[C@H](c2ccc3sc(C)nc3c2)CC=C(C)CCC[C@H](C)C1O. The Hall–Kier alpha value is -2.35. The molecule has 2 heterocycles. The highest BCUT2D eigenvalue weighted by Gasteiger charge is 2.43. The number of aromatic nitrogens is 1. The Morgan fingerprint density at radius 3 is 2.68 bits per heavy atom. The van der Waals surface area contributed by atoms with E-state index in [9.17, 15) is 19.8 Å². The van der Waals surface area contributed by atoms with Crippen molar-refractivity contribution in [3.05, 3.63) is 53.1 Å². The van der Waals surface area contributed by atoms with Crippen LogP contribution in [-0.2, 0) is 14.3 Å². The summed E-state index contributed by atoms with van der Waals surface area (Å²) in [5.41, 5.74) is 1.66. The zero-order valence-electron chi connectivity index (χ0n) is 22.7. The van der Waals surface area contributed by atoms with Crippen molar-refractivity contribution < 1.29 is 24.5 Å². The van der Waals surface area contributed by atoms with Gasteiger partial charge in [-0.2, -0.15) is 0 Å². The molecular weight excluding hydrogens is 486 g/mol. The number of hydrogen-bond acceptors (Lipinski definition) is 7. The second-order valence-corrected chi connectivity index (χ2v) is 12.3. The van der Waals surface area contributed by atoms with Crippen LogP contribution in [0.25, 0.3) is 10.2 Å². The Bertz CT molecular complexity index is 1150. The molecule has 5 atom stereocenters.